The molecular formula is C21H23F2NO5S. The lowest BCUT2D eigenvalue weighted by Gasteiger charge is -2.27. The Kier molecular flexibility index (Phi) is 6.31. The van der Waals surface area contributed by atoms with Crippen LogP contribution in [0.5, 0.6) is 11.5 Å². The van der Waals surface area contributed by atoms with Gasteiger partial charge in [-0.25, -0.2) is 0 Å². The van der Waals surface area contributed by atoms with Crippen LogP contribution in [0.4, 0.5) is 8.78 Å². The van der Waals surface area contributed by atoms with E-state index in [4.69, 9.17) is 18.9 Å². The van der Waals surface area contributed by atoms with Crippen molar-refractivity contribution in [2.45, 2.75) is 36.6 Å². The minimum atomic E-state index is -2.57. The zero-order chi connectivity index (χ0) is 21.3. The van der Waals surface area contributed by atoms with Gasteiger partial charge in [-0.05, 0) is 31.0 Å². The second-order valence-corrected chi connectivity index (χ2v) is 8.17. The highest BCUT2D eigenvalue weighted by Crippen LogP contribution is 2.42. The summed E-state index contributed by atoms with van der Waals surface area (Å²) in [5, 5.41) is 0. The van der Waals surface area contributed by atoms with Gasteiger partial charge in [0.05, 0.1) is 37.5 Å². The quantitative estimate of drug-likeness (QED) is 0.643. The molecule has 30 heavy (non-hydrogen) atoms. The summed E-state index contributed by atoms with van der Waals surface area (Å²) < 4.78 is 50.0. The Balaban J connectivity index is 1.73. The van der Waals surface area contributed by atoms with Crippen LogP contribution in [0.3, 0.4) is 0 Å². The van der Waals surface area contributed by atoms with Crippen LogP contribution in [-0.2, 0) is 22.4 Å². The van der Waals surface area contributed by atoms with Crippen LogP contribution in [-0.4, -0.2) is 50.0 Å². The normalized spacial score (nSPS) is 18.1. The largest absolute Gasteiger partial charge is 0.496 e. The van der Waals surface area contributed by atoms with Gasteiger partial charge < -0.3 is 23.5 Å². The van der Waals surface area contributed by atoms with E-state index in [9.17, 15) is 13.6 Å². The minimum Gasteiger partial charge on any atom is -0.496 e. The number of hydrogen-bond donors (Lipinski definition) is 0. The Labute approximate surface area is 177 Å². The Morgan fingerprint density at radius 2 is 2.10 bits per heavy atom. The highest BCUT2D eigenvalue weighted by atomic mass is 32.2. The third kappa shape index (κ3) is 4.19. The van der Waals surface area contributed by atoms with E-state index in [2.05, 4.69) is 0 Å². The van der Waals surface area contributed by atoms with Gasteiger partial charge in [0.2, 0.25) is 0 Å². The molecule has 3 heterocycles. The van der Waals surface area contributed by atoms with Gasteiger partial charge in [-0.3, -0.25) is 4.79 Å². The van der Waals surface area contributed by atoms with Crippen molar-refractivity contribution in [3.63, 3.8) is 0 Å². The van der Waals surface area contributed by atoms with Crippen molar-refractivity contribution < 1.29 is 27.7 Å². The van der Waals surface area contributed by atoms with Gasteiger partial charge in [0.25, 0.3) is 11.3 Å². The molecule has 0 aliphatic carbocycles. The Bertz CT molecular complexity index is 988. The molecule has 2 aromatic rings. The molecule has 0 amide bonds. The molecule has 6 nitrogen and oxygen atoms in total. The van der Waals surface area contributed by atoms with Crippen molar-refractivity contribution in [2.24, 2.45) is 0 Å². The molecule has 2 aliphatic heterocycles. The van der Waals surface area contributed by atoms with Crippen LogP contribution in [0, 0.1) is 6.92 Å². The number of thioether (sulfide) groups is 1. The number of fused-ring (bicyclic) bond motifs is 3. The Morgan fingerprint density at radius 3 is 2.80 bits per heavy atom. The molecule has 1 atom stereocenters. The maximum absolute atomic E-state index is 13.1. The summed E-state index contributed by atoms with van der Waals surface area (Å²) in [6.07, 6.45) is 0.424. The number of methoxy groups -OCH3 is 1. The van der Waals surface area contributed by atoms with Crippen molar-refractivity contribution in [3.05, 3.63) is 39.7 Å². The molecule has 1 aromatic heterocycles. The molecule has 0 bridgehead atoms. The molecular weight excluding hydrogens is 416 g/mol. The molecule has 1 aromatic carbocycles. The van der Waals surface area contributed by atoms with E-state index in [0.29, 0.717) is 66.6 Å². The number of nitrogens with zero attached hydrogens (tertiary/aromatic N) is 1. The number of aromatic nitrogens is 1. The second kappa shape index (κ2) is 8.95. The molecule has 0 saturated carbocycles. The smallest absolute Gasteiger partial charge is 0.289 e. The van der Waals surface area contributed by atoms with Crippen LogP contribution < -0.4 is 15.0 Å². The zero-order valence-corrected chi connectivity index (χ0v) is 17.6. The first-order valence-electron chi connectivity index (χ1n) is 9.70. The summed E-state index contributed by atoms with van der Waals surface area (Å²) in [6.45, 7) is 4.17. The van der Waals surface area contributed by atoms with Crippen molar-refractivity contribution in [3.8, 4) is 22.8 Å². The first-order chi connectivity index (χ1) is 14.5. The lowest BCUT2D eigenvalue weighted by molar-refractivity contribution is -0.101. The minimum absolute atomic E-state index is 0.184. The van der Waals surface area contributed by atoms with Gasteiger partial charge in [-0.2, -0.15) is 8.78 Å². The fourth-order valence-electron chi connectivity index (χ4n) is 3.87. The summed E-state index contributed by atoms with van der Waals surface area (Å²) in [4.78, 5) is 13.1. The average Bonchev–Trinajstić information content (AvgIpc) is 2.74. The highest BCUT2D eigenvalue weighted by Gasteiger charge is 2.25. The SMILES string of the molecule is COc1cc2c(cc1SC(F)F)-c1c(C)c(OCC3COCCO3)cc(=O)n1CC2. The topological polar surface area (TPSA) is 58.9 Å². The van der Waals surface area contributed by atoms with E-state index >= 15 is 0 Å². The predicted molar refractivity (Wildman–Crippen MR) is 109 cm³/mol. The number of halogens is 2. The Hall–Kier alpha value is -2.10. The van der Waals surface area contributed by atoms with Crippen LogP contribution >= 0.6 is 11.8 Å². The molecule has 1 unspecified atom stereocenters. The van der Waals surface area contributed by atoms with Gasteiger partial charge >= 0.3 is 0 Å². The molecule has 4 rings (SSSR count). The molecule has 0 radical (unpaired) electrons. The molecule has 9 heteroatoms. The van der Waals surface area contributed by atoms with Crippen molar-refractivity contribution in [1.82, 2.24) is 4.57 Å². The standard InChI is InChI=1S/C21H23F2NO5S/c1-12-16(29-11-14-10-27-5-6-28-14)9-19(25)24-4-3-13-7-17(26-2)18(30-21(22)23)8-15(13)20(12)24/h7-9,14,21H,3-6,10-11H2,1-2H3. The number of pyridine rings is 1. The maximum atomic E-state index is 13.1. The Morgan fingerprint density at radius 1 is 1.27 bits per heavy atom. The number of aryl methyl sites for hydroxylation is 1. The van der Waals surface area contributed by atoms with Gasteiger partial charge in [0, 0.05) is 23.7 Å². The van der Waals surface area contributed by atoms with E-state index in [1.165, 1.54) is 13.2 Å². The molecule has 1 saturated heterocycles. The van der Waals surface area contributed by atoms with E-state index < -0.39 is 5.76 Å². The summed E-state index contributed by atoms with van der Waals surface area (Å²) >= 11 is 0.433. The van der Waals surface area contributed by atoms with E-state index in [1.807, 2.05) is 6.92 Å². The fraction of sp³-hybridized carbons (Fsp3) is 0.476. The number of ether oxygens (including phenoxy) is 4. The number of benzene rings is 1. The third-order valence-electron chi connectivity index (χ3n) is 5.29. The lowest BCUT2D eigenvalue weighted by Crippen LogP contribution is -2.34. The van der Waals surface area contributed by atoms with Gasteiger partial charge in [-0.15, -0.1) is 0 Å². The number of hydrogen-bond acceptors (Lipinski definition) is 6. The van der Waals surface area contributed by atoms with Crippen LogP contribution in [0.2, 0.25) is 0 Å². The molecule has 0 N–H and O–H groups in total. The predicted octanol–water partition coefficient (Wildman–Crippen LogP) is 3.50. The average molecular weight is 439 g/mol. The number of alkyl halides is 2. The third-order valence-corrected chi connectivity index (χ3v) is 6.04. The van der Waals surface area contributed by atoms with Crippen molar-refractivity contribution >= 4 is 11.8 Å². The zero-order valence-electron chi connectivity index (χ0n) is 16.8. The highest BCUT2D eigenvalue weighted by molar-refractivity contribution is 7.99. The fourth-order valence-corrected chi connectivity index (χ4v) is 4.51. The molecule has 0 spiro atoms. The van der Waals surface area contributed by atoms with Gasteiger partial charge in [0.1, 0.15) is 24.2 Å². The van der Waals surface area contributed by atoms with Gasteiger partial charge in [-0.1, -0.05) is 11.8 Å². The second-order valence-electron chi connectivity index (χ2n) is 7.14. The van der Waals surface area contributed by atoms with E-state index in [1.54, 1.807) is 16.7 Å². The molecule has 2 aliphatic rings. The summed E-state index contributed by atoms with van der Waals surface area (Å²) in [7, 11) is 1.47. The summed E-state index contributed by atoms with van der Waals surface area (Å²) in [6, 6.07) is 4.95. The van der Waals surface area contributed by atoms with Crippen molar-refractivity contribution in [2.75, 3.05) is 33.5 Å². The number of rotatable bonds is 6. The monoisotopic (exact) mass is 439 g/mol. The first kappa shape index (κ1) is 21.1. The van der Waals surface area contributed by atoms with Gasteiger partial charge in [0.15, 0.2) is 0 Å². The van der Waals surface area contributed by atoms with Crippen molar-refractivity contribution in [1.29, 1.82) is 0 Å². The molecule has 162 valence electrons. The summed E-state index contributed by atoms with van der Waals surface area (Å²) in [5.74, 6) is -1.70. The van der Waals surface area contributed by atoms with Crippen LogP contribution in [0.15, 0.2) is 27.9 Å². The van der Waals surface area contributed by atoms with E-state index in [0.717, 1.165) is 16.7 Å². The van der Waals surface area contributed by atoms with Crippen LogP contribution in [0.25, 0.3) is 11.3 Å². The van der Waals surface area contributed by atoms with Crippen LogP contribution in [0.1, 0.15) is 11.1 Å². The lowest BCUT2D eigenvalue weighted by atomic mass is 9.94. The molecule has 1 fully saturated rings. The van der Waals surface area contributed by atoms with E-state index in [-0.39, 0.29) is 18.3 Å². The summed E-state index contributed by atoms with van der Waals surface area (Å²) in [5.41, 5.74) is 3.00. The maximum Gasteiger partial charge on any atom is 0.289 e. The first-order valence-corrected chi connectivity index (χ1v) is 10.6.